The maximum absolute atomic E-state index is 13.0. The highest BCUT2D eigenvalue weighted by Gasteiger charge is 2.28. The third-order valence-corrected chi connectivity index (χ3v) is 8.92. The summed E-state index contributed by atoms with van der Waals surface area (Å²) in [7, 11) is -7.57. The maximum Gasteiger partial charge on any atom is 0.261 e. The van der Waals surface area contributed by atoms with E-state index >= 15 is 0 Å². The first-order chi connectivity index (χ1) is 14.7. The molecule has 0 saturated carbocycles. The number of sulfonamides is 2. The largest absolute Gasteiger partial charge is 0.312 e. The van der Waals surface area contributed by atoms with Gasteiger partial charge in [-0.25, -0.2) is 16.8 Å². The zero-order valence-corrected chi connectivity index (χ0v) is 18.9. The first-order valence-electron chi connectivity index (χ1n) is 10.2. The average molecular weight is 464 g/mol. The third-order valence-electron chi connectivity index (χ3n) is 5.65. The van der Waals surface area contributed by atoms with Crippen LogP contribution in [0.15, 0.2) is 52.3 Å². The molecular formula is C21H25N3O5S2. The van der Waals surface area contributed by atoms with E-state index in [9.17, 15) is 21.6 Å². The minimum Gasteiger partial charge on any atom is -0.312 e. The van der Waals surface area contributed by atoms with E-state index in [0.717, 1.165) is 30.5 Å². The summed E-state index contributed by atoms with van der Waals surface area (Å²) in [5.74, 6) is -0.0780. The molecule has 0 atom stereocenters. The van der Waals surface area contributed by atoms with E-state index in [1.54, 1.807) is 17.0 Å². The van der Waals surface area contributed by atoms with Gasteiger partial charge < -0.3 is 4.90 Å². The molecule has 31 heavy (non-hydrogen) atoms. The highest BCUT2D eigenvalue weighted by molar-refractivity contribution is 7.92. The lowest BCUT2D eigenvalue weighted by Gasteiger charge is -2.28. The summed E-state index contributed by atoms with van der Waals surface area (Å²) in [4.78, 5) is 13.6. The lowest BCUT2D eigenvalue weighted by atomic mass is 10.0. The molecule has 0 unspecified atom stereocenters. The Morgan fingerprint density at radius 3 is 2.35 bits per heavy atom. The smallest absolute Gasteiger partial charge is 0.261 e. The van der Waals surface area contributed by atoms with Crippen LogP contribution in [-0.4, -0.2) is 46.7 Å². The van der Waals surface area contributed by atoms with Crippen LogP contribution in [0.2, 0.25) is 0 Å². The van der Waals surface area contributed by atoms with Crippen molar-refractivity contribution in [1.82, 2.24) is 4.31 Å². The minimum atomic E-state index is -3.93. The molecule has 2 aliphatic rings. The molecule has 0 aromatic heterocycles. The van der Waals surface area contributed by atoms with Crippen molar-refractivity contribution in [3.05, 3.63) is 48.0 Å². The van der Waals surface area contributed by atoms with Crippen molar-refractivity contribution in [2.45, 2.75) is 42.4 Å². The van der Waals surface area contributed by atoms with Crippen LogP contribution in [0.25, 0.3) is 0 Å². The Morgan fingerprint density at radius 2 is 1.65 bits per heavy atom. The van der Waals surface area contributed by atoms with Gasteiger partial charge in [0.05, 0.1) is 15.5 Å². The van der Waals surface area contributed by atoms with Crippen LogP contribution in [0.3, 0.4) is 0 Å². The van der Waals surface area contributed by atoms with Gasteiger partial charge >= 0.3 is 0 Å². The molecule has 166 valence electrons. The van der Waals surface area contributed by atoms with Crippen molar-refractivity contribution >= 4 is 37.3 Å². The van der Waals surface area contributed by atoms with Crippen LogP contribution < -0.4 is 9.62 Å². The third kappa shape index (κ3) is 4.32. The van der Waals surface area contributed by atoms with Gasteiger partial charge in [0, 0.05) is 32.2 Å². The van der Waals surface area contributed by atoms with Crippen molar-refractivity contribution in [2.24, 2.45) is 0 Å². The summed E-state index contributed by atoms with van der Waals surface area (Å²) in [6, 6.07) is 10.6. The summed E-state index contributed by atoms with van der Waals surface area (Å²) in [6.07, 6.45) is 3.10. The van der Waals surface area contributed by atoms with Crippen molar-refractivity contribution < 1.29 is 21.6 Å². The van der Waals surface area contributed by atoms with Crippen LogP contribution in [0, 0.1) is 0 Å². The van der Waals surface area contributed by atoms with Crippen molar-refractivity contribution in [1.29, 1.82) is 0 Å². The molecule has 1 N–H and O–H groups in total. The Morgan fingerprint density at radius 1 is 0.903 bits per heavy atom. The van der Waals surface area contributed by atoms with Gasteiger partial charge in [0.25, 0.3) is 10.0 Å². The SMILES string of the molecule is CC(=O)N1CCCc2cc(S(=O)(=O)Nc3cccc(S(=O)(=O)N4CCCC4)c3)ccc21. The quantitative estimate of drug-likeness (QED) is 0.734. The molecule has 0 bridgehead atoms. The van der Waals surface area contributed by atoms with E-state index in [4.69, 9.17) is 0 Å². The molecule has 4 rings (SSSR count). The highest BCUT2D eigenvalue weighted by Crippen LogP contribution is 2.30. The molecule has 2 heterocycles. The summed E-state index contributed by atoms with van der Waals surface area (Å²) >= 11 is 0. The van der Waals surface area contributed by atoms with Gasteiger partial charge in [-0.2, -0.15) is 4.31 Å². The molecule has 0 aliphatic carbocycles. The van der Waals surface area contributed by atoms with Gasteiger partial charge in [0.2, 0.25) is 15.9 Å². The molecule has 0 spiro atoms. The summed E-state index contributed by atoms with van der Waals surface area (Å²) in [5, 5.41) is 0. The maximum atomic E-state index is 13.0. The Labute approximate surface area is 183 Å². The monoisotopic (exact) mass is 463 g/mol. The Hall–Kier alpha value is -2.43. The first kappa shape index (κ1) is 21.8. The van der Waals surface area contributed by atoms with E-state index in [0.29, 0.717) is 26.1 Å². The molecular weight excluding hydrogens is 438 g/mol. The number of benzene rings is 2. The van der Waals surface area contributed by atoms with Crippen LogP contribution in [0.5, 0.6) is 0 Å². The summed E-state index contributed by atoms with van der Waals surface area (Å²) < 4.78 is 55.4. The van der Waals surface area contributed by atoms with Crippen LogP contribution in [0.4, 0.5) is 11.4 Å². The molecule has 1 fully saturated rings. The lowest BCUT2D eigenvalue weighted by molar-refractivity contribution is -0.116. The number of hydrogen-bond acceptors (Lipinski definition) is 5. The van der Waals surface area contributed by atoms with Gasteiger partial charge in [-0.3, -0.25) is 9.52 Å². The normalized spacial score (nSPS) is 17.4. The number of anilines is 2. The molecule has 1 saturated heterocycles. The number of nitrogens with one attached hydrogen (secondary N) is 1. The number of aryl methyl sites for hydroxylation is 1. The van der Waals surface area contributed by atoms with Crippen molar-refractivity contribution in [3.8, 4) is 0 Å². The van der Waals surface area contributed by atoms with Gasteiger partial charge in [-0.15, -0.1) is 0 Å². The number of rotatable bonds is 5. The van der Waals surface area contributed by atoms with E-state index in [1.807, 2.05) is 0 Å². The minimum absolute atomic E-state index is 0.0668. The summed E-state index contributed by atoms with van der Waals surface area (Å²) in [6.45, 7) is 3.06. The van der Waals surface area contributed by atoms with E-state index < -0.39 is 20.0 Å². The molecule has 2 aromatic rings. The van der Waals surface area contributed by atoms with E-state index in [2.05, 4.69) is 4.72 Å². The van der Waals surface area contributed by atoms with Crippen molar-refractivity contribution in [2.75, 3.05) is 29.3 Å². The highest BCUT2D eigenvalue weighted by atomic mass is 32.2. The van der Waals surface area contributed by atoms with Gasteiger partial charge in [0.1, 0.15) is 0 Å². The first-order valence-corrected chi connectivity index (χ1v) is 13.1. The van der Waals surface area contributed by atoms with Gasteiger partial charge in [-0.05, 0) is 67.6 Å². The zero-order valence-electron chi connectivity index (χ0n) is 17.2. The number of carbonyl (C=O) groups is 1. The number of nitrogens with zero attached hydrogens (tertiary/aromatic N) is 2. The topological polar surface area (TPSA) is 104 Å². The van der Waals surface area contributed by atoms with E-state index in [-0.39, 0.29) is 21.4 Å². The number of hydrogen-bond donors (Lipinski definition) is 1. The Bertz CT molecular complexity index is 1220. The fourth-order valence-electron chi connectivity index (χ4n) is 4.08. The molecule has 10 heteroatoms. The second kappa shape index (κ2) is 8.25. The number of fused-ring (bicyclic) bond motifs is 1. The summed E-state index contributed by atoms with van der Waals surface area (Å²) in [5.41, 5.74) is 1.72. The molecule has 1 amide bonds. The van der Waals surface area contributed by atoms with E-state index in [1.165, 1.54) is 41.6 Å². The second-order valence-corrected chi connectivity index (χ2v) is 11.4. The number of carbonyl (C=O) groups excluding carboxylic acids is 1. The number of amides is 1. The van der Waals surface area contributed by atoms with Crippen molar-refractivity contribution in [3.63, 3.8) is 0 Å². The zero-order chi connectivity index (χ0) is 22.2. The predicted molar refractivity (Wildman–Crippen MR) is 118 cm³/mol. The fraction of sp³-hybridized carbons (Fsp3) is 0.381. The Kier molecular flexibility index (Phi) is 5.80. The molecule has 0 radical (unpaired) electrons. The molecule has 2 aliphatic heterocycles. The predicted octanol–water partition coefficient (Wildman–Crippen LogP) is 2.57. The van der Waals surface area contributed by atoms with Gasteiger partial charge in [-0.1, -0.05) is 6.07 Å². The fourth-order valence-corrected chi connectivity index (χ4v) is 6.74. The average Bonchev–Trinajstić information content (AvgIpc) is 3.28. The lowest BCUT2D eigenvalue weighted by Crippen LogP contribution is -2.33. The molecule has 2 aromatic carbocycles. The van der Waals surface area contributed by atoms with Crippen LogP contribution in [0.1, 0.15) is 31.7 Å². The van der Waals surface area contributed by atoms with Crippen LogP contribution >= 0.6 is 0 Å². The second-order valence-electron chi connectivity index (χ2n) is 7.81. The standard InChI is InChI=1S/C21H25N3O5S2/c1-16(25)24-13-5-6-17-14-19(9-10-21(17)24)30(26,27)22-18-7-4-8-20(15-18)31(28,29)23-11-2-3-12-23/h4,7-10,14-15,22H,2-3,5-6,11-13H2,1H3. The van der Waals surface area contributed by atoms with Crippen LogP contribution in [-0.2, 0) is 31.3 Å². The Balaban J connectivity index is 1.61. The van der Waals surface area contributed by atoms with Gasteiger partial charge in [0.15, 0.2) is 0 Å². The molecule has 8 nitrogen and oxygen atoms in total.